The predicted molar refractivity (Wildman–Crippen MR) is 63.8 cm³/mol. The van der Waals surface area contributed by atoms with Crippen molar-refractivity contribution in [3.8, 4) is 0 Å². The van der Waals surface area contributed by atoms with Crippen LogP contribution in [-0.4, -0.2) is 62.4 Å². The van der Waals surface area contributed by atoms with Crippen LogP contribution in [0.2, 0.25) is 0 Å². The smallest absolute Gasteiger partial charge is 0.236 e. The average Bonchev–Trinajstić information content (AvgIpc) is 2.37. The zero-order chi connectivity index (χ0) is 12.1. The van der Waals surface area contributed by atoms with Gasteiger partial charge in [0, 0.05) is 25.7 Å². The minimum Gasteiger partial charge on any atom is -0.378 e. The molecule has 2 aliphatic rings. The summed E-state index contributed by atoms with van der Waals surface area (Å²) in [7, 11) is 0. The van der Waals surface area contributed by atoms with E-state index in [1.807, 2.05) is 4.90 Å². The summed E-state index contributed by atoms with van der Waals surface area (Å²) in [6.45, 7) is 6.11. The maximum absolute atomic E-state index is 11.9. The summed E-state index contributed by atoms with van der Waals surface area (Å²) in [5.41, 5.74) is 0. The van der Waals surface area contributed by atoms with Crippen molar-refractivity contribution in [1.82, 2.24) is 10.2 Å². The number of morpholine rings is 1. The van der Waals surface area contributed by atoms with Crippen LogP contribution in [0.1, 0.15) is 19.8 Å². The van der Waals surface area contributed by atoms with E-state index in [4.69, 9.17) is 9.47 Å². The lowest BCUT2D eigenvalue weighted by atomic mass is 10.0. The molecule has 98 valence electrons. The molecule has 0 saturated carbocycles. The molecule has 0 radical (unpaired) electrons. The largest absolute Gasteiger partial charge is 0.378 e. The number of hydrogen-bond acceptors (Lipinski definition) is 4. The molecule has 2 rings (SSSR count). The molecule has 2 unspecified atom stereocenters. The van der Waals surface area contributed by atoms with Crippen molar-refractivity contribution in [3.05, 3.63) is 0 Å². The molecule has 2 fully saturated rings. The van der Waals surface area contributed by atoms with Gasteiger partial charge in [0.1, 0.15) is 0 Å². The Balaban J connectivity index is 1.68. The molecular weight excluding hydrogens is 220 g/mol. The molecule has 5 nitrogen and oxygen atoms in total. The van der Waals surface area contributed by atoms with Crippen LogP contribution in [0.3, 0.4) is 0 Å². The van der Waals surface area contributed by atoms with Gasteiger partial charge in [-0.15, -0.1) is 0 Å². The van der Waals surface area contributed by atoms with Crippen LogP contribution in [-0.2, 0) is 14.3 Å². The zero-order valence-corrected chi connectivity index (χ0v) is 10.5. The van der Waals surface area contributed by atoms with Gasteiger partial charge in [-0.3, -0.25) is 4.79 Å². The first-order valence-corrected chi connectivity index (χ1v) is 6.46. The molecule has 0 aromatic rings. The highest BCUT2D eigenvalue weighted by atomic mass is 16.5. The quantitative estimate of drug-likeness (QED) is 0.757. The van der Waals surface area contributed by atoms with E-state index in [1.165, 1.54) is 0 Å². The lowest BCUT2D eigenvalue weighted by Gasteiger charge is -2.30. The fraction of sp³-hybridized carbons (Fsp3) is 0.917. The first kappa shape index (κ1) is 12.8. The van der Waals surface area contributed by atoms with Crippen LogP contribution in [0, 0.1) is 0 Å². The Kier molecular flexibility index (Phi) is 4.76. The minimum absolute atomic E-state index is 0.187. The number of nitrogens with one attached hydrogen (secondary N) is 1. The van der Waals surface area contributed by atoms with Crippen LogP contribution in [0.4, 0.5) is 0 Å². The third kappa shape index (κ3) is 3.94. The summed E-state index contributed by atoms with van der Waals surface area (Å²) in [6, 6.07) is 0.420. The average molecular weight is 242 g/mol. The van der Waals surface area contributed by atoms with Crippen LogP contribution in [0.15, 0.2) is 0 Å². The molecular formula is C12H22N2O3. The number of carbonyl (C=O) groups is 1. The fourth-order valence-electron chi connectivity index (χ4n) is 2.34. The van der Waals surface area contributed by atoms with E-state index in [0.717, 1.165) is 32.5 Å². The summed E-state index contributed by atoms with van der Waals surface area (Å²) in [5, 5.41) is 3.34. The lowest BCUT2D eigenvalue weighted by Crippen LogP contribution is -2.47. The summed E-state index contributed by atoms with van der Waals surface area (Å²) >= 11 is 0. The molecule has 0 spiro atoms. The SMILES string of the molecule is CC1CC(NCC(=O)N2CCOCC2)CCO1. The second kappa shape index (κ2) is 6.33. The molecule has 0 aliphatic carbocycles. The number of amides is 1. The van der Waals surface area contributed by atoms with Crippen molar-refractivity contribution < 1.29 is 14.3 Å². The van der Waals surface area contributed by atoms with E-state index in [-0.39, 0.29) is 5.91 Å². The van der Waals surface area contributed by atoms with Gasteiger partial charge in [-0.2, -0.15) is 0 Å². The van der Waals surface area contributed by atoms with Gasteiger partial charge in [0.25, 0.3) is 0 Å². The maximum Gasteiger partial charge on any atom is 0.236 e. The predicted octanol–water partition coefficient (Wildman–Crippen LogP) is 0.00230. The second-order valence-electron chi connectivity index (χ2n) is 4.78. The monoisotopic (exact) mass is 242 g/mol. The van der Waals surface area contributed by atoms with E-state index in [1.54, 1.807) is 0 Å². The number of hydrogen-bond donors (Lipinski definition) is 1. The van der Waals surface area contributed by atoms with Crippen molar-refractivity contribution >= 4 is 5.91 Å². The van der Waals surface area contributed by atoms with Gasteiger partial charge in [0.05, 0.1) is 25.9 Å². The van der Waals surface area contributed by atoms with Gasteiger partial charge >= 0.3 is 0 Å². The molecule has 0 aromatic carbocycles. The molecule has 0 aromatic heterocycles. The van der Waals surface area contributed by atoms with E-state index in [0.29, 0.717) is 31.9 Å². The highest BCUT2D eigenvalue weighted by Crippen LogP contribution is 2.12. The normalized spacial score (nSPS) is 30.3. The van der Waals surface area contributed by atoms with Crippen molar-refractivity contribution in [2.24, 2.45) is 0 Å². The number of ether oxygens (including phenoxy) is 2. The van der Waals surface area contributed by atoms with E-state index in [2.05, 4.69) is 12.2 Å². The van der Waals surface area contributed by atoms with Gasteiger partial charge in [0.15, 0.2) is 0 Å². The Labute approximate surface area is 102 Å². The van der Waals surface area contributed by atoms with Crippen LogP contribution in [0.25, 0.3) is 0 Å². The van der Waals surface area contributed by atoms with Crippen molar-refractivity contribution in [2.75, 3.05) is 39.5 Å². The Bertz CT molecular complexity index is 254. The molecule has 5 heteroatoms. The minimum atomic E-state index is 0.187. The van der Waals surface area contributed by atoms with E-state index in [9.17, 15) is 4.79 Å². The van der Waals surface area contributed by atoms with Gasteiger partial charge in [-0.05, 0) is 19.8 Å². The summed E-state index contributed by atoms with van der Waals surface area (Å²) in [5.74, 6) is 0.187. The molecule has 2 heterocycles. The van der Waals surface area contributed by atoms with Crippen molar-refractivity contribution in [3.63, 3.8) is 0 Å². The molecule has 1 amide bonds. The van der Waals surface area contributed by atoms with Crippen molar-refractivity contribution in [1.29, 1.82) is 0 Å². The summed E-state index contributed by atoms with van der Waals surface area (Å²) in [6.07, 6.45) is 2.30. The van der Waals surface area contributed by atoms with Crippen LogP contribution < -0.4 is 5.32 Å². The number of rotatable bonds is 3. The summed E-state index contributed by atoms with van der Waals surface area (Å²) < 4.78 is 10.7. The Morgan fingerprint density at radius 2 is 2.12 bits per heavy atom. The van der Waals surface area contributed by atoms with Crippen LogP contribution in [0.5, 0.6) is 0 Å². The van der Waals surface area contributed by atoms with E-state index >= 15 is 0 Å². The van der Waals surface area contributed by atoms with E-state index < -0.39 is 0 Å². The Hall–Kier alpha value is -0.650. The highest BCUT2D eigenvalue weighted by Gasteiger charge is 2.21. The maximum atomic E-state index is 11.9. The molecule has 1 N–H and O–H groups in total. The van der Waals surface area contributed by atoms with Gasteiger partial charge < -0.3 is 19.7 Å². The zero-order valence-electron chi connectivity index (χ0n) is 10.5. The number of carbonyl (C=O) groups excluding carboxylic acids is 1. The van der Waals surface area contributed by atoms with Gasteiger partial charge in [-0.25, -0.2) is 0 Å². The van der Waals surface area contributed by atoms with Crippen molar-refractivity contribution in [2.45, 2.75) is 31.9 Å². The first-order chi connectivity index (χ1) is 8.25. The van der Waals surface area contributed by atoms with Gasteiger partial charge in [0.2, 0.25) is 5.91 Å². The molecule has 0 bridgehead atoms. The second-order valence-corrected chi connectivity index (χ2v) is 4.78. The third-order valence-electron chi connectivity index (χ3n) is 3.39. The first-order valence-electron chi connectivity index (χ1n) is 6.46. The third-order valence-corrected chi connectivity index (χ3v) is 3.39. The Morgan fingerprint density at radius 1 is 1.35 bits per heavy atom. The standard InChI is InChI=1S/C12H22N2O3/c1-10-8-11(2-5-17-10)13-9-12(15)14-3-6-16-7-4-14/h10-11,13H,2-9H2,1H3. The topological polar surface area (TPSA) is 50.8 Å². The molecule has 2 atom stereocenters. The molecule has 2 saturated heterocycles. The number of nitrogens with zero attached hydrogens (tertiary/aromatic N) is 1. The summed E-state index contributed by atoms with van der Waals surface area (Å²) in [4.78, 5) is 13.8. The lowest BCUT2D eigenvalue weighted by molar-refractivity contribution is -0.134. The van der Waals surface area contributed by atoms with Gasteiger partial charge in [-0.1, -0.05) is 0 Å². The Morgan fingerprint density at radius 3 is 2.82 bits per heavy atom. The van der Waals surface area contributed by atoms with Crippen LogP contribution >= 0.6 is 0 Å². The fourth-order valence-corrected chi connectivity index (χ4v) is 2.34. The highest BCUT2D eigenvalue weighted by molar-refractivity contribution is 5.78. The molecule has 2 aliphatic heterocycles. The molecule has 17 heavy (non-hydrogen) atoms.